The minimum absolute atomic E-state index is 0.0127. The van der Waals surface area contributed by atoms with E-state index < -0.39 is 31.8 Å². The lowest BCUT2D eigenvalue weighted by Gasteiger charge is -2.17. The first kappa shape index (κ1) is 26.5. The number of ether oxygens (including phenoxy) is 2. The van der Waals surface area contributed by atoms with E-state index in [1.807, 2.05) is 19.9 Å². The van der Waals surface area contributed by atoms with Crippen LogP contribution in [0.5, 0.6) is 5.75 Å². The first-order valence-electron chi connectivity index (χ1n) is 11.9. The van der Waals surface area contributed by atoms with Crippen molar-refractivity contribution in [3.05, 3.63) is 52.1 Å². The van der Waals surface area contributed by atoms with Crippen molar-refractivity contribution in [1.29, 1.82) is 0 Å². The molecule has 0 radical (unpaired) electrons. The predicted molar refractivity (Wildman–Crippen MR) is 131 cm³/mol. The van der Waals surface area contributed by atoms with Gasteiger partial charge in [-0.05, 0) is 70.7 Å². The molecule has 0 spiro atoms. The number of benzene rings is 1. The van der Waals surface area contributed by atoms with Gasteiger partial charge in [0.1, 0.15) is 23.4 Å². The lowest BCUT2D eigenvalue weighted by molar-refractivity contribution is -0.0110. The van der Waals surface area contributed by atoms with Gasteiger partial charge < -0.3 is 19.7 Å². The Labute approximate surface area is 209 Å². The SMILES string of the molecule is CC(C)OP(=O)(O)OCCC1CCC(n2ccc(NC(=O)c3ccc4c(c3)OC(C)(C)C4)nc2=O)O1. The van der Waals surface area contributed by atoms with E-state index in [0.717, 1.165) is 12.0 Å². The lowest BCUT2D eigenvalue weighted by atomic mass is 10.0. The van der Waals surface area contributed by atoms with Gasteiger partial charge in [0.15, 0.2) is 0 Å². The Bertz CT molecular complexity index is 1230. The fourth-order valence-electron chi connectivity index (χ4n) is 4.32. The molecule has 2 aromatic rings. The number of nitrogens with one attached hydrogen (secondary N) is 1. The molecule has 1 saturated heterocycles. The highest BCUT2D eigenvalue weighted by Crippen LogP contribution is 2.45. The van der Waals surface area contributed by atoms with E-state index >= 15 is 0 Å². The van der Waals surface area contributed by atoms with Crippen LogP contribution in [-0.2, 0) is 24.8 Å². The molecule has 0 saturated carbocycles. The van der Waals surface area contributed by atoms with Crippen molar-refractivity contribution in [3.8, 4) is 5.75 Å². The largest absolute Gasteiger partial charge is 0.487 e. The molecule has 196 valence electrons. The van der Waals surface area contributed by atoms with Crippen LogP contribution in [0, 0.1) is 0 Å². The van der Waals surface area contributed by atoms with E-state index in [2.05, 4.69) is 10.3 Å². The van der Waals surface area contributed by atoms with E-state index in [4.69, 9.17) is 18.5 Å². The third-order valence-corrected chi connectivity index (χ3v) is 7.03. The Kier molecular flexibility index (Phi) is 7.68. The van der Waals surface area contributed by atoms with Gasteiger partial charge in [0.05, 0.1) is 18.8 Å². The molecule has 0 aliphatic carbocycles. The van der Waals surface area contributed by atoms with Crippen molar-refractivity contribution >= 4 is 19.5 Å². The molecule has 3 atom stereocenters. The van der Waals surface area contributed by atoms with Crippen molar-refractivity contribution in [3.63, 3.8) is 0 Å². The number of carbonyl (C=O) groups is 1. The number of amides is 1. The molecular formula is C24H32N3O8P. The topological polar surface area (TPSA) is 138 Å². The molecule has 3 unspecified atom stereocenters. The van der Waals surface area contributed by atoms with Gasteiger partial charge in [0.2, 0.25) is 0 Å². The molecule has 1 fully saturated rings. The van der Waals surface area contributed by atoms with Crippen molar-refractivity contribution in [2.75, 3.05) is 11.9 Å². The number of nitrogens with zero attached hydrogens (tertiary/aromatic N) is 2. The van der Waals surface area contributed by atoms with Crippen LogP contribution in [0.2, 0.25) is 0 Å². The lowest BCUT2D eigenvalue weighted by Crippen LogP contribution is -2.28. The van der Waals surface area contributed by atoms with Gasteiger partial charge in [0, 0.05) is 18.2 Å². The number of hydrogen-bond acceptors (Lipinski definition) is 8. The zero-order valence-electron chi connectivity index (χ0n) is 20.8. The molecule has 0 bridgehead atoms. The molecule has 2 N–H and O–H groups in total. The first-order chi connectivity index (χ1) is 16.9. The fourth-order valence-corrected chi connectivity index (χ4v) is 5.25. The molecule has 1 aromatic carbocycles. The Morgan fingerprint density at radius 2 is 2.11 bits per heavy atom. The Balaban J connectivity index is 1.31. The summed E-state index contributed by atoms with van der Waals surface area (Å²) in [7, 11) is -4.10. The summed E-state index contributed by atoms with van der Waals surface area (Å²) in [5.74, 6) is 0.425. The second kappa shape index (κ2) is 10.4. The maximum absolute atomic E-state index is 12.7. The fraction of sp³-hybridized carbons (Fsp3) is 0.542. The number of phosphoric acid groups is 1. The standard InChI is InChI=1S/C24H32N3O8P/c1-15(2)35-36(30,31)32-12-10-18-7-8-21(33-18)27-11-9-20(26-23(27)29)25-22(28)16-5-6-17-14-24(3,4)34-19(17)13-16/h5-6,9,11,13,15,18,21H,7-8,10,12,14H2,1-4H3,(H,30,31)(H,25,26,28,29). The Morgan fingerprint density at radius 3 is 2.83 bits per heavy atom. The molecule has 4 rings (SSSR count). The summed E-state index contributed by atoms with van der Waals surface area (Å²) in [6.07, 6.45) is 2.70. The molecule has 11 nitrogen and oxygen atoms in total. The quantitative estimate of drug-likeness (QED) is 0.472. The molecule has 2 aliphatic rings. The van der Waals surface area contributed by atoms with Crippen LogP contribution >= 0.6 is 7.82 Å². The first-order valence-corrected chi connectivity index (χ1v) is 13.4. The minimum atomic E-state index is -4.10. The van der Waals surface area contributed by atoms with Crippen LogP contribution in [0.1, 0.15) is 69.1 Å². The summed E-state index contributed by atoms with van der Waals surface area (Å²) in [5.41, 5.74) is 0.598. The van der Waals surface area contributed by atoms with E-state index in [0.29, 0.717) is 30.6 Å². The zero-order chi connectivity index (χ0) is 26.1. The number of rotatable bonds is 9. The summed E-state index contributed by atoms with van der Waals surface area (Å²) in [6.45, 7) is 7.25. The van der Waals surface area contributed by atoms with Gasteiger partial charge in [-0.15, -0.1) is 0 Å². The van der Waals surface area contributed by atoms with Gasteiger partial charge in [-0.1, -0.05) is 6.07 Å². The summed E-state index contributed by atoms with van der Waals surface area (Å²) in [6, 6.07) is 6.83. The van der Waals surface area contributed by atoms with E-state index in [9.17, 15) is 19.0 Å². The number of hydrogen-bond donors (Lipinski definition) is 2. The number of fused-ring (bicyclic) bond motifs is 1. The molecule has 2 aliphatic heterocycles. The highest BCUT2D eigenvalue weighted by molar-refractivity contribution is 7.47. The Hall–Kier alpha value is -2.56. The summed E-state index contributed by atoms with van der Waals surface area (Å²) in [4.78, 5) is 38.9. The molecule has 36 heavy (non-hydrogen) atoms. The number of anilines is 1. The summed E-state index contributed by atoms with van der Waals surface area (Å²) >= 11 is 0. The molecule has 1 amide bonds. The second-order valence-corrected chi connectivity index (χ2v) is 11.3. The highest BCUT2D eigenvalue weighted by atomic mass is 31.2. The van der Waals surface area contributed by atoms with Crippen molar-refractivity contribution in [1.82, 2.24) is 9.55 Å². The zero-order valence-corrected chi connectivity index (χ0v) is 21.7. The van der Waals surface area contributed by atoms with Gasteiger partial charge in [-0.3, -0.25) is 18.4 Å². The van der Waals surface area contributed by atoms with Crippen LogP contribution < -0.4 is 15.7 Å². The van der Waals surface area contributed by atoms with Gasteiger partial charge in [-0.2, -0.15) is 4.98 Å². The van der Waals surface area contributed by atoms with E-state index in [1.54, 1.807) is 26.0 Å². The maximum atomic E-state index is 12.7. The predicted octanol–water partition coefficient (Wildman–Crippen LogP) is 3.82. The molecule has 12 heteroatoms. The monoisotopic (exact) mass is 521 g/mol. The van der Waals surface area contributed by atoms with Crippen LogP contribution in [0.3, 0.4) is 0 Å². The third-order valence-electron chi connectivity index (χ3n) is 5.84. The normalized spacial score (nSPS) is 22.2. The van der Waals surface area contributed by atoms with Crippen molar-refractivity contribution < 1.29 is 32.8 Å². The summed E-state index contributed by atoms with van der Waals surface area (Å²) in [5, 5.41) is 2.65. The molecule has 1 aromatic heterocycles. The van der Waals surface area contributed by atoms with Crippen LogP contribution in [-0.4, -0.2) is 44.8 Å². The molecular weight excluding hydrogens is 489 g/mol. The summed E-state index contributed by atoms with van der Waals surface area (Å²) < 4.78 is 34.8. The minimum Gasteiger partial charge on any atom is -0.487 e. The number of phosphoric ester groups is 1. The second-order valence-electron chi connectivity index (χ2n) is 9.85. The maximum Gasteiger partial charge on any atom is 0.472 e. The highest BCUT2D eigenvalue weighted by Gasteiger charge is 2.31. The molecule has 3 heterocycles. The Morgan fingerprint density at radius 1 is 1.33 bits per heavy atom. The van der Waals surface area contributed by atoms with Crippen LogP contribution in [0.4, 0.5) is 5.82 Å². The number of aromatic nitrogens is 2. The van der Waals surface area contributed by atoms with Gasteiger partial charge >= 0.3 is 13.5 Å². The van der Waals surface area contributed by atoms with E-state index in [-0.39, 0.29) is 24.1 Å². The van der Waals surface area contributed by atoms with E-state index in [1.165, 1.54) is 16.8 Å². The smallest absolute Gasteiger partial charge is 0.472 e. The average Bonchev–Trinajstić information content (AvgIpc) is 3.34. The van der Waals surface area contributed by atoms with Gasteiger partial charge in [-0.25, -0.2) is 9.36 Å². The van der Waals surface area contributed by atoms with Crippen LogP contribution in [0.15, 0.2) is 35.3 Å². The van der Waals surface area contributed by atoms with Crippen molar-refractivity contribution in [2.24, 2.45) is 0 Å². The third kappa shape index (κ3) is 6.60. The average molecular weight is 522 g/mol. The van der Waals surface area contributed by atoms with Crippen molar-refractivity contribution in [2.45, 2.75) is 77.4 Å². The van der Waals surface area contributed by atoms with Crippen LogP contribution in [0.25, 0.3) is 0 Å². The van der Waals surface area contributed by atoms with Gasteiger partial charge in [0.25, 0.3) is 5.91 Å². The number of carbonyl (C=O) groups excluding carboxylic acids is 1.